The Hall–Kier alpha value is -0.670. The zero-order valence-electron chi connectivity index (χ0n) is 8.77. The van der Waals surface area contributed by atoms with Crippen LogP contribution in [0.25, 0.3) is 10.2 Å². The van der Waals surface area contributed by atoms with Crippen LogP contribution in [-0.4, -0.2) is 15.3 Å². The SMILES string of the molecule is CC(C)C(Cl)Cc1ncnc2sccc12. The zero-order valence-corrected chi connectivity index (χ0v) is 10.3. The van der Waals surface area contributed by atoms with E-state index in [-0.39, 0.29) is 5.38 Å². The highest BCUT2D eigenvalue weighted by Gasteiger charge is 2.13. The van der Waals surface area contributed by atoms with Gasteiger partial charge in [-0.05, 0) is 17.4 Å². The maximum Gasteiger partial charge on any atom is 0.126 e. The maximum absolute atomic E-state index is 6.26. The number of fused-ring (bicyclic) bond motifs is 1. The summed E-state index contributed by atoms with van der Waals surface area (Å²) in [5, 5.41) is 3.33. The maximum atomic E-state index is 6.26. The van der Waals surface area contributed by atoms with Crippen LogP contribution in [0.5, 0.6) is 0 Å². The van der Waals surface area contributed by atoms with Crippen LogP contribution in [0, 0.1) is 5.92 Å². The molecule has 0 fully saturated rings. The molecule has 0 aliphatic rings. The summed E-state index contributed by atoms with van der Waals surface area (Å²) in [6, 6.07) is 2.07. The monoisotopic (exact) mass is 240 g/mol. The fourth-order valence-electron chi connectivity index (χ4n) is 1.42. The van der Waals surface area contributed by atoms with Crippen LogP contribution in [0.4, 0.5) is 0 Å². The number of rotatable bonds is 3. The molecule has 2 heterocycles. The molecule has 2 rings (SSSR count). The average molecular weight is 241 g/mol. The van der Waals surface area contributed by atoms with E-state index in [0.717, 1.165) is 22.3 Å². The Balaban J connectivity index is 2.31. The summed E-state index contributed by atoms with van der Waals surface area (Å²) in [7, 11) is 0. The summed E-state index contributed by atoms with van der Waals surface area (Å²) in [5.74, 6) is 0.468. The molecule has 0 amide bonds. The second kappa shape index (κ2) is 4.45. The smallest absolute Gasteiger partial charge is 0.126 e. The van der Waals surface area contributed by atoms with Gasteiger partial charge in [0.15, 0.2) is 0 Å². The Morgan fingerprint density at radius 1 is 1.40 bits per heavy atom. The Kier molecular flexibility index (Phi) is 3.22. The van der Waals surface area contributed by atoms with Crippen LogP contribution >= 0.6 is 22.9 Å². The molecule has 2 aromatic heterocycles. The van der Waals surface area contributed by atoms with E-state index in [4.69, 9.17) is 11.6 Å². The van der Waals surface area contributed by atoms with Crippen LogP contribution in [0.3, 0.4) is 0 Å². The summed E-state index contributed by atoms with van der Waals surface area (Å²) in [4.78, 5) is 9.58. The van der Waals surface area contributed by atoms with Gasteiger partial charge in [-0.15, -0.1) is 22.9 Å². The lowest BCUT2D eigenvalue weighted by Gasteiger charge is -2.12. The number of hydrogen-bond donors (Lipinski definition) is 0. The third kappa shape index (κ3) is 2.29. The summed E-state index contributed by atoms with van der Waals surface area (Å²) in [5.41, 5.74) is 1.06. The highest BCUT2D eigenvalue weighted by molar-refractivity contribution is 7.16. The third-order valence-corrected chi connectivity index (χ3v) is 3.93. The lowest BCUT2D eigenvalue weighted by molar-refractivity contribution is 0.592. The standard InChI is InChI=1S/C11H13ClN2S/c1-7(2)9(12)5-10-8-3-4-15-11(8)14-6-13-10/h3-4,6-7,9H,5H2,1-2H3. The van der Waals surface area contributed by atoms with E-state index in [2.05, 4.69) is 29.9 Å². The molecule has 2 aromatic rings. The van der Waals surface area contributed by atoms with Crippen LogP contribution in [0.2, 0.25) is 0 Å². The molecule has 0 radical (unpaired) electrons. The van der Waals surface area contributed by atoms with Crippen LogP contribution in [0.1, 0.15) is 19.5 Å². The second-order valence-electron chi connectivity index (χ2n) is 3.92. The van der Waals surface area contributed by atoms with E-state index < -0.39 is 0 Å². The van der Waals surface area contributed by atoms with Crippen molar-refractivity contribution in [3.63, 3.8) is 0 Å². The lowest BCUT2D eigenvalue weighted by Crippen LogP contribution is -2.12. The normalized spacial score (nSPS) is 13.6. The summed E-state index contributed by atoms with van der Waals surface area (Å²) >= 11 is 7.90. The molecule has 0 bridgehead atoms. The molecular formula is C11H13ClN2S. The van der Waals surface area contributed by atoms with Crippen molar-refractivity contribution in [2.24, 2.45) is 5.92 Å². The predicted octanol–water partition coefficient (Wildman–Crippen LogP) is 3.50. The molecule has 1 unspecified atom stereocenters. The first-order valence-electron chi connectivity index (χ1n) is 4.99. The number of nitrogens with zero attached hydrogens (tertiary/aromatic N) is 2. The topological polar surface area (TPSA) is 25.8 Å². The Morgan fingerprint density at radius 2 is 2.20 bits per heavy atom. The fourth-order valence-corrected chi connectivity index (χ4v) is 2.32. The van der Waals surface area contributed by atoms with Gasteiger partial charge in [0.1, 0.15) is 11.2 Å². The van der Waals surface area contributed by atoms with Crippen molar-refractivity contribution in [3.8, 4) is 0 Å². The van der Waals surface area contributed by atoms with Gasteiger partial charge in [0, 0.05) is 17.2 Å². The van der Waals surface area contributed by atoms with Crippen molar-refractivity contribution in [1.82, 2.24) is 9.97 Å². The van der Waals surface area contributed by atoms with Crippen LogP contribution < -0.4 is 0 Å². The minimum absolute atomic E-state index is 0.142. The minimum atomic E-state index is 0.142. The van der Waals surface area contributed by atoms with Crippen LogP contribution in [-0.2, 0) is 6.42 Å². The Labute approximate surface area is 98.3 Å². The van der Waals surface area contributed by atoms with E-state index in [1.165, 1.54) is 0 Å². The highest BCUT2D eigenvalue weighted by Crippen LogP contribution is 2.23. The van der Waals surface area contributed by atoms with E-state index in [9.17, 15) is 0 Å². The van der Waals surface area contributed by atoms with Gasteiger partial charge in [-0.25, -0.2) is 9.97 Å². The predicted molar refractivity (Wildman–Crippen MR) is 65.6 cm³/mol. The van der Waals surface area contributed by atoms with E-state index in [0.29, 0.717) is 5.92 Å². The highest BCUT2D eigenvalue weighted by atomic mass is 35.5. The largest absolute Gasteiger partial charge is 0.241 e. The second-order valence-corrected chi connectivity index (χ2v) is 5.38. The molecule has 0 saturated heterocycles. The first-order valence-corrected chi connectivity index (χ1v) is 6.31. The molecule has 80 valence electrons. The number of halogens is 1. The summed E-state index contributed by atoms with van der Waals surface area (Å²) in [6.07, 6.45) is 2.44. The van der Waals surface area contributed by atoms with E-state index in [1.807, 2.05) is 5.38 Å². The fraction of sp³-hybridized carbons (Fsp3) is 0.455. The summed E-state index contributed by atoms with van der Waals surface area (Å²) < 4.78 is 0. The molecule has 2 nitrogen and oxygen atoms in total. The van der Waals surface area contributed by atoms with Gasteiger partial charge >= 0.3 is 0 Å². The number of hydrogen-bond acceptors (Lipinski definition) is 3. The molecular weight excluding hydrogens is 228 g/mol. The van der Waals surface area contributed by atoms with Crippen molar-refractivity contribution >= 4 is 33.2 Å². The molecule has 15 heavy (non-hydrogen) atoms. The first-order chi connectivity index (χ1) is 7.18. The number of thiophene rings is 1. The van der Waals surface area contributed by atoms with Crippen molar-refractivity contribution < 1.29 is 0 Å². The van der Waals surface area contributed by atoms with Gasteiger partial charge in [0.25, 0.3) is 0 Å². The van der Waals surface area contributed by atoms with Gasteiger partial charge in [-0.3, -0.25) is 0 Å². The minimum Gasteiger partial charge on any atom is -0.241 e. The Morgan fingerprint density at radius 3 is 2.93 bits per heavy atom. The van der Waals surface area contributed by atoms with Gasteiger partial charge in [-0.1, -0.05) is 13.8 Å². The van der Waals surface area contributed by atoms with Gasteiger partial charge in [-0.2, -0.15) is 0 Å². The molecule has 0 saturated carbocycles. The van der Waals surface area contributed by atoms with E-state index >= 15 is 0 Å². The first kappa shape index (κ1) is 10.8. The van der Waals surface area contributed by atoms with Crippen molar-refractivity contribution in [2.75, 3.05) is 0 Å². The molecule has 0 aromatic carbocycles. The van der Waals surface area contributed by atoms with Crippen molar-refractivity contribution in [2.45, 2.75) is 25.6 Å². The molecule has 4 heteroatoms. The number of aromatic nitrogens is 2. The number of alkyl halides is 1. The van der Waals surface area contributed by atoms with Gasteiger partial charge in [0.2, 0.25) is 0 Å². The average Bonchev–Trinajstić information content (AvgIpc) is 2.66. The van der Waals surface area contributed by atoms with Crippen molar-refractivity contribution in [3.05, 3.63) is 23.5 Å². The molecule has 1 atom stereocenters. The summed E-state index contributed by atoms with van der Waals surface area (Å²) in [6.45, 7) is 4.26. The van der Waals surface area contributed by atoms with Crippen molar-refractivity contribution in [1.29, 1.82) is 0 Å². The lowest BCUT2D eigenvalue weighted by atomic mass is 10.0. The Bertz CT molecular complexity index is 453. The molecule has 0 N–H and O–H groups in total. The zero-order chi connectivity index (χ0) is 10.8. The quantitative estimate of drug-likeness (QED) is 0.768. The van der Waals surface area contributed by atoms with Gasteiger partial charge < -0.3 is 0 Å². The molecule has 0 spiro atoms. The molecule has 0 aliphatic heterocycles. The van der Waals surface area contributed by atoms with Crippen LogP contribution in [0.15, 0.2) is 17.8 Å². The van der Waals surface area contributed by atoms with E-state index in [1.54, 1.807) is 17.7 Å². The third-order valence-electron chi connectivity index (χ3n) is 2.46. The molecule has 0 aliphatic carbocycles. The van der Waals surface area contributed by atoms with Gasteiger partial charge in [0.05, 0.1) is 5.69 Å².